The van der Waals surface area contributed by atoms with Crippen molar-refractivity contribution < 1.29 is 4.79 Å². The predicted molar refractivity (Wildman–Crippen MR) is 113 cm³/mol. The van der Waals surface area contributed by atoms with Crippen LogP contribution in [0.25, 0.3) is 15.9 Å². The van der Waals surface area contributed by atoms with Crippen molar-refractivity contribution in [1.29, 1.82) is 0 Å². The van der Waals surface area contributed by atoms with Gasteiger partial charge in [0.1, 0.15) is 4.83 Å². The maximum absolute atomic E-state index is 13.3. The van der Waals surface area contributed by atoms with Gasteiger partial charge in [0.2, 0.25) is 5.91 Å². The topological polar surface area (TPSA) is 64.0 Å². The molecule has 3 rings (SSSR count). The van der Waals surface area contributed by atoms with E-state index in [0.29, 0.717) is 10.5 Å². The van der Waals surface area contributed by atoms with Crippen LogP contribution in [-0.2, 0) is 4.79 Å². The zero-order valence-electron chi connectivity index (χ0n) is 16.1. The fraction of sp³-hybridized carbons (Fsp3) is 0.350. The number of nitrogens with zero attached hydrogens (tertiary/aromatic N) is 2. The molecule has 0 aliphatic heterocycles. The molecule has 0 aliphatic rings. The zero-order valence-corrected chi connectivity index (χ0v) is 17.8. The second-order valence-electron chi connectivity index (χ2n) is 7.42. The number of para-hydroxylation sites is 1. The Morgan fingerprint density at radius 2 is 1.89 bits per heavy atom. The van der Waals surface area contributed by atoms with Crippen molar-refractivity contribution in [3.05, 3.63) is 51.1 Å². The molecular formula is C20H23N3O2S2. The van der Waals surface area contributed by atoms with Crippen LogP contribution in [0.4, 0.5) is 0 Å². The summed E-state index contributed by atoms with van der Waals surface area (Å²) in [4.78, 5) is 32.1. The van der Waals surface area contributed by atoms with E-state index in [0.717, 1.165) is 21.0 Å². The molecule has 27 heavy (non-hydrogen) atoms. The van der Waals surface area contributed by atoms with Gasteiger partial charge in [0.25, 0.3) is 5.56 Å². The number of carbonyl (C=O) groups excluding carboxylic acids is 1. The lowest BCUT2D eigenvalue weighted by Gasteiger charge is -2.20. The van der Waals surface area contributed by atoms with Gasteiger partial charge in [-0.3, -0.25) is 14.2 Å². The van der Waals surface area contributed by atoms with Crippen molar-refractivity contribution in [3.63, 3.8) is 0 Å². The minimum absolute atomic E-state index is 0.0833. The molecule has 0 radical (unpaired) electrons. The van der Waals surface area contributed by atoms with Crippen LogP contribution in [0.2, 0.25) is 0 Å². The Morgan fingerprint density at radius 1 is 1.22 bits per heavy atom. The number of hydrogen-bond donors (Lipinski definition) is 1. The van der Waals surface area contributed by atoms with E-state index in [1.165, 1.54) is 23.1 Å². The smallest absolute Gasteiger partial charge is 0.267 e. The second kappa shape index (κ2) is 7.48. The third-order valence-electron chi connectivity index (χ3n) is 4.03. The fourth-order valence-electron chi connectivity index (χ4n) is 2.76. The molecule has 0 spiro atoms. The van der Waals surface area contributed by atoms with Crippen LogP contribution in [0, 0.1) is 13.8 Å². The van der Waals surface area contributed by atoms with Gasteiger partial charge in [0, 0.05) is 10.4 Å². The van der Waals surface area contributed by atoms with Crippen LogP contribution in [-0.4, -0.2) is 26.8 Å². The highest BCUT2D eigenvalue weighted by Gasteiger charge is 2.20. The summed E-state index contributed by atoms with van der Waals surface area (Å²) in [6.07, 6.45) is 0. The van der Waals surface area contributed by atoms with Crippen LogP contribution >= 0.6 is 23.1 Å². The molecule has 0 atom stereocenters. The number of fused-ring (bicyclic) bond motifs is 1. The first kappa shape index (κ1) is 19.6. The quantitative estimate of drug-likeness (QED) is 0.529. The van der Waals surface area contributed by atoms with Gasteiger partial charge < -0.3 is 5.32 Å². The maximum Gasteiger partial charge on any atom is 0.267 e. The average Bonchev–Trinajstić information content (AvgIpc) is 2.87. The second-order valence-corrected chi connectivity index (χ2v) is 9.57. The van der Waals surface area contributed by atoms with Gasteiger partial charge in [0.05, 0.1) is 16.8 Å². The lowest BCUT2D eigenvalue weighted by Crippen LogP contribution is -2.41. The van der Waals surface area contributed by atoms with Crippen molar-refractivity contribution in [2.45, 2.75) is 45.3 Å². The number of amides is 1. The molecule has 142 valence electrons. The van der Waals surface area contributed by atoms with Crippen molar-refractivity contribution in [2.75, 3.05) is 5.75 Å². The Kier molecular flexibility index (Phi) is 5.44. The van der Waals surface area contributed by atoms with E-state index < -0.39 is 0 Å². The third kappa shape index (κ3) is 4.25. The molecular weight excluding hydrogens is 378 g/mol. The summed E-state index contributed by atoms with van der Waals surface area (Å²) in [5, 5.41) is 4.13. The number of thiophene rings is 1. The molecule has 1 N–H and O–H groups in total. The molecule has 0 saturated carbocycles. The van der Waals surface area contributed by atoms with E-state index in [9.17, 15) is 9.59 Å². The summed E-state index contributed by atoms with van der Waals surface area (Å²) in [6.45, 7) is 9.78. The minimum Gasteiger partial charge on any atom is -0.351 e. The molecule has 7 heteroatoms. The van der Waals surface area contributed by atoms with Crippen LogP contribution < -0.4 is 10.9 Å². The number of nitrogens with one attached hydrogen (secondary N) is 1. The van der Waals surface area contributed by atoms with Crippen molar-refractivity contribution in [3.8, 4) is 5.69 Å². The predicted octanol–water partition coefficient (Wildman–Crippen LogP) is 4.07. The molecule has 1 amide bonds. The van der Waals surface area contributed by atoms with Crippen molar-refractivity contribution in [2.24, 2.45) is 0 Å². The Bertz CT molecular complexity index is 1050. The highest BCUT2D eigenvalue weighted by molar-refractivity contribution is 7.99. The summed E-state index contributed by atoms with van der Waals surface area (Å²) < 4.78 is 1.61. The molecule has 0 unspecified atom stereocenters. The first-order valence-corrected chi connectivity index (χ1v) is 10.5. The van der Waals surface area contributed by atoms with Gasteiger partial charge in [0.15, 0.2) is 5.16 Å². The number of aromatic nitrogens is 2. The number of carbonyl (C=O) groups is 1. The van der Waals surface area contributed by atoms with Crippen molar-refractivity contribution >= 4 is 39.2 Å². The van der Waals surface area contributed by atoms with Gasteiger partial charge in [-0.1, -0.05) is 30.0 Å². The number of aryl methyl sites for hydroxylation is 2. The minimum atomic E-state index is -0.296. The standard InChI is InChI=1S/C20H23N3O2S2/c1-12-13(2)27-17-16(12)18(25)23(14-9-7-6-8-10-14)19(21-17)26-11-15(24)22-20(3,4)5/h6-10H,11H2,1-5H3,(H,22,24). The monoisotopic (exact) mass is 401 g/mol. The van der Waals surface area contributed by atoms with Crippen LogP contribution in [0.1, 0.15) is 31.2 Å². The summed E-state index contributed by atoms with van der Waals surface area (Å²) in [5.41, 5.74) is 1.33. The molecule has 0 fully saturated rings. The lowest BCUT2D eigenvalue weighted by molar-refractivity contribution is -0.119. The largest absolute Gasteiger partial charge is 0.351 e. The molecule has 3 aromatic rings. The number of hydrogen-bond acceptors (Lipinski definition) is 5. The van der Waals surface area contributed by atoms with Crippen molar-refractivity contribution in [1.82, 2.24) is 14.9 Å². The highest BCUT2D eigenvalue weighted by atomic mass is 32.2. The number of rotatable bonds is 4. The van der Waals surface area contributed by atoms with Gasteiger partial charge >= 0.3 is 0 Å². The zero-order chi connectivity index (χ0) is 19.8. The lowest BCUT2D eigenvalue weighted by atomic mass is 10.1. The Labute approximate surface area is 166 Å². The van der Waals surface area contributed by atoms with Gasteiger partial charge in [-0.15, -0.1) is 11.3 Å². The highest BCUT2D eigenvalue weighted by Crippen LogP contribution is 2.29. The van der Waals surface area contributed by atoms with Crippen LogP contribution in [0.15, 0.2) is 40.3 Å². The summed E-state index contributed by atoms with van der Waals surface area (Å²) in [5.74, 6) is 0.116. The molecule has 0 saturated heterocycles. The molecule has 2 heterocycles. The van der Waals surface area contributed by atoms with E-state index in [-0.39, 0.29) is 22.8 Å². The number of benzene rings is 1. The molecule has 1 aromatic carbocycles. The summed E-state index contributed by atoms with van der Waals surface area (Å²) in [6, 6.07) is 9.44. The molecule has 0 bridgehead atoms. The SMILES string of the molecule is Cc1sc2nc(SCC(=O)NC(C)(C)C)n(-c3ccccc3)c(=O)c2c1C. The Hall–Kier alpha value is -2.12. The Morgan fingerprint density at radius 3 is 2.52 bits per heavy atom. The summed E-state index contributed by atoms with van der Waals surface area (Å²) >= 11 is 2.80. The maximum atomic E-state index is 13.3. The van der Waals surface area contributed by atoms with Gasteiger partial charge in [-0.25, -0.2) is 4.98 Å². The first-order valence-electron chi connectivity index (χ1n) is 8.69. The average molecular weight is 402 g/mol. The summed E-state index contributed by atoms with van der Waals surface area (Å²) in [7, 11) is 0. The Balaban J connectivity index is 2.08. The third-order valence-corrected chi connectivity index (χ3v) is 6.07. The van der Waals surface area contributed by atoms with Gasteiger partial charge in [-0.2, -0.15) is 0 Å². The molecule has 5 nitrogen and oxygen atoms in total. The van der Waals surface area contributed by atoms with E-state index in [1.54, 1.807) is 4.57 Å². The van der Waals surface area contributed by atoms with E-state index in [4.69, 9.17) is 4.98 Å². The van der Waals surface area contributed by atoms with Crippen LogP contribution in [0.5, 0.6) is 0 Å². The first-order chi connectivity index (χ1) is 12.7. The fourth-order valence-corrected chi connectivity index (χ4v) is 4.64. The molecule has 2 aromatic heterocycles. The van der Waals surface area contributed by atoms with E-state index >= 15 is 0 Å². The van der Waals surface area contributed by atoms with Gasteiger partial charge in [-0.05, 0) is 52.3 Å². The van der Waals surface area contributed by atoms with E-state index in [2.05, 4.69) is 5.32 Å². The molecule has 0 aliphatic carbocycles. The number of thioether (sulfide) groups is 1. The van der Waals surface area contributed by atoms with Crippen LogP contribution in [0.3, 0.4) is 0 Å². The normalized spacial score (nSPS) is 11.7. The van der Waals surface area contributed by atoms with E-state index in [1.807, 2.05) is 65.0 Å².